The average Bonchev–Trinajstić information content (AvgIpc) is 2.21. The zero-order valence-electron chi connectivity index (χ0n) is 8.43. The van der Waals surface area contributed by atoms with E-state index in [2.05, 4.69) is 23.1 Å². The zero-order valence-corrected chi connectivity index (χ0v) is 9.94. The van der Waals surface area contributed by atoms with Crippen molar-refractivity contribution in [2.75, 3.05) is 5.32 Å². The van der Waals surface area contributed by atoms with Crippen molar-refractivity contribution in [2.24, 2.45) is 0 Å². The van der Waals surface area contributed by atoms with Crippen LogP contribution in [0.1, 0.15) is 19.8 Å². The molecule has 1 unspecified atom stereocenters. The summed E-state index contributed by atoms with van der Waals surface area (Å²) in [6, 6.07) is 1.85. The van der Waals surface area contributed by atoms with Gasteiger partial charge >= 0.3 is 0 Å². The highest BCUT2D eigenvalue weighted by atomic mass is 35.5. The molecule has 1 aromatic rings. The highest BCUT2D eigenvalue weighted by molar-refractivity contribution is 6.35. The molecule has 0 aromatic carbocycles. The molecule has 80 valence electrons. The first-order valence-electron chi connectivity index (χ1n) is 4.68. The minimum Gasteiger partial charge on any atom is -0.365 e. The van der Waals surface area contributed by atoms with Gasteiger partial charge in [-0.2, -0.15) is 0 Å². The topological polar surface area (TPSA) is 24.9 Å². The van der Waals surface area contributed by atoms with Gasteiger partial charge in [0.05, 0.1) is 10.0 Å². The van der Waals surface area contributed by atoms with E-state index in [1.165, 1.54) is 0 Å². The molecule has 1 rings (SSSR count). The van der Waals surface area contributed by atoms with Crippen molar-refractivity contribution in [1.29, 1.82) is 0 Å². The SMILES string of the molecule is C#CCC(CC)Nc1ncc(Cl)cc1Cl. The van der Waals surface area contributed by atoms with E-state index in [-0.39, 0.29) is 6.04 Å². The molecule has 1 atom stereocenters. The lowest BCUT2D eigenvalue weighted by Gasteiger charge is -2.15. The summed E-state index contributed by atoms with van der Waals surface area (Å²) in [5.74, 6) is 3.24. The second-order valence-corrected chi connectivity index (χ2v) is 3.99. The van der Waals surface area contributed by atoms with Gasteiger partial charge in [-0.25, -0.2) is 4.98 Å². The molecular weight excluding hydrogens is 231 g/mol. The number of nitrogens with zero attached hydrogens (tertiary/aromatic N) is 1. The number of rotatable bonds is 4. The Morgan fingerprint density at radius 3 is 2.87 bits per heavy atom. The number of terminal acetylenes is 1. The first-order valence-corrected chi connectivity index (χ1v) is 5.44. The Morgan fingerprint density at radius 2 is 2.33 bits per heavy atom. The molecule has 2 nitrogen and oxygen atoms in total. The summed E-state index contributed by atoms with van der Waals surface area (Å²) in [4.78, 5) is 4.10. The molecule has 1 N–H and O–H groups in total. The number of nitrogens with one attached hydrogen (secondary N) is 1. The molecule has 0 spiro atoms. The lowest BCUT2D eigenvalue weighted by Crippen LogP contribution is -2.18. The van der Waals surface area contributed by atoms with E-state index in [9.17, 15) is 0 Å². The quantitative estimate of drug-likeness (QED) is 0.817. The molecule has 0 bridgehead atoms. The molecule has 0 saturated carbocycles. The van der Waals surface area contributed by atoms with E-state index in [1.807, 2.05) is 0 Å². The molecule has 0 saturated heterocycles. The summed E-state index contributed by atoms with van der Waals surface area (Å²) >= 11 is 11.7. The van der Waals surface area contributed by atoms with E-state index in [1.54, 1.807) is 12.3 Å². The van der Waals surface area contributed by atoms with E-state index < -0.39 is 0 Å². The number of halogens is 2. The van der Waals surface area contributed by atoms with Crippen molar-refractivity contribution in [3.8, 4) is 12.3 Å². The fourth-order valence-corrected chi connectivity index (χ4v) is 1.59. The highest BCUT2D eigenvalue weighted by Crippen LogP contribution is 2.23. The molecule has 0 amide bonds. The van der Waals surface area contributed by atoms with Crippen molar-refractivity contribution in [3.05, 3.63) is 22.3 Å². The molecule has 0 aliphatic carbocycles. The molecule has 1 heterocycles. The third kappa shape index (κ3) is 3.62. The van der Waals surface area contributed by atoms with Gasteiger partial charge in [-0.15, -0.1) is 12.3 Å². The van der Waals surface area contributed by atoms with Gasteiger partial charge in [0.1, 0.15) is 5.82 Å². The van der Waals surface area contributed by atoms with Crippen molar-refractivity contribution in [1.82, 2.24) is 4.98 Å². The van der Waals surface area contributed by atoms with E-state index in [0.29, 0.717) is 22.3 Å². The van der Waals surface area contributed by atoms with Crippen LogP contribution in [0.25, 0.3) is 0 Å². The fraction of sp³-hybridized carbons (Fsp3) is 0.364. The second kappa shape index (κ2) is 5.85. The van der Waals surface area contributed by atoms with Gasteiger partial charge in [-0.1, -0.05) is 30.1 Å². The van der Waals surface area contributed by atoms with Crippen molar-refractivity contribution in [2.45, 2.75) is 25.8 Å². The van der Waals surface area contributed by atoms with Crippen molar-refractivity contribution < 1.29 is 0 Å². The zero-order chi connectivity index (χ0) is 11.3. The summed E-state index contributed by atoms with van der Waals surface area (Å²) < 4.78 is 0. The predicted octanol–water partition coefficient (Wildman–Crippen LogP) is 3.60. The van der Waals surface area contributed by atoms with Gasteiger partial charge in [-0.05, 0) is 12.5 Å². The van der Waals surface area contributed by atoms with E-state index in [4.69, 9.17) is 29.6 Å². The Bertz CT molecular complexity index is 371. The predicted molar refractivity (Wildman–Crippen MR) is 65.4 cm³/mol. The lowest BCUT2D eigenvalue weighted by atomic mass is 10.1. The summed E-state index contributed by atoms with van der Waals surface area (Å²) in [5.41, 5.74) is 0. The molecule has 0 aliphatic rings. The Balaban J connectivity index is 2.75. The molecular formula is C11H12Cl2N2. The highest BCUT2D eigenvalue weighted by Gasteiger charge is 2.08. The van der Waals surface area contributed by atoms with Crippen molar-refractivity contribution in [3.63, 3.8) is 0 Å². The molecule has 15 heavy (non-hydrogen) atoms. The number of hydrogen-bond donors (Lipinski definition) is 1. The van der Waals surface area contributed by atoms with Crippen LogP contribution >= 0.6 is 23.2 Å². The standard InChI is InChI=1S/C11H12Cl2N2/c1-3-5-9(4-2)15-11-10(13)6-8(12)7-14-11/h1,6-7,9H,4-5H2,2H3,(H,14,15). The van der Waals surface area contributed by atoms with Crippen LogP contribution in [0, 0.1) is 12.3 Å². The third-order valence-corrected chi connectivity index (χ3v) is 2.50. The maximum Gasteiger partial charge on any atom is 0.145 e. The lowest BCUT2D eigenvalue weighted by molar-refractivity contribution is 0.712. The average molecular weight is 243 g/mol. The molecule has 4 heteroatoms. The normalized spacial score (nSPS) is 11.9. The van der Waals surface area contributed by atoms with Crippen LogP contribution in [-0.2, 0) is 0 Å². The maximum atomic E-state index is 5.97. The maximum absolute atomic E-state index is 5.97. The molecule has 0 fully saturated rings. The minimum atomic E-state index is 0.196. The van der Waals surface area contributed by atoms with Crippen LogP contribution in [0.15, 0.2) is 12.3 Å². The largest absolute Gasteiger partial charge is 0.365 e. The van der Waals surface area contributed by atoms with Gasteiger partial charge < -0.3 is 5.32 Å². The number of hydrogen-bond acceptors (Lipinski definition) is 2. The van der Waals surface area contributed by atoms with Crippen LogP contribution < -0.4 is 5.32 Å². The Kier molecular flexibility index (Phi) is 4.74. The molecule has 0 radical (unpaired) electrons. The van der Waals surface area contributed by atoms with E-state index >= 15 is 0 Å². The first kappa shape index (κ1) is 12.2. The van der Waals surface area contributed by atoms with E-state index in [0.717, 1.165) is 6.42 Å². The van der Waals surface area contributed by atoms with Crippen molar-refractivity contribution >= 4 is 29.0 Å². The van der Waals surface area contributed by atoms with Gasteiger partial charge in [0.2, 0.25) is 0 Å². The fourth-order valence-electron chi connectivity index (χ4n) is 1.15. The number of aromatic nitrogens is 1. The minimum absolute atomic E-state index is 0.196. The third-order valence-electron chi connectivity index (χ3n) is 2.01. The molecule has 1 aromatic heterocycles. The summed E-state index contributed by atoms with van der Waals surface area (Å²) in [7, 11) is 0. The first-order chi connectivity index (χ1) is 7.17. The number of pyridine rings is 1. The smallest absolute Gasteiger partial charge is 0.145 e. The van der Waals surface area contributed by atoms with Gasteiger partial charge in [0, 0.05) is 18.7 Å². The van der Waals surface area contributed by atoms with Gasteiger partial charge in [0.25, 0.3) is 0 Å². The van der Waals surface area contributed by atoms with Gasteiger partial charge in [0.15, 0.2) is 0 Å². The molecule has 0 aliphatic heterocycles. The second-order valence-electron chi connectivity index (χ2n) is 3.14. The number of anilines is 1. The monoisotopic (exact) mass is 242 g/mol. The van der Waals surface area contributed by atoms with Crippen LogP contribution in [0.4, 0.5) is 5.82 Å². The Hall–Kier alpha value is -0.910. The summed E-state index contributed by atoms with van der Waals surface area (Å²) in [6.45, 7) is 2.05. The summed E-state index contributed by atoms with van der Waals surface area (Å²) in [6.07, 6.45) is 8.38. The van der Waals surface area contributed by atoms with Crippen LogP contribution in [0.5, 0.6) is 0 Å². The van der Waals surface area contributed by atoms with Crippen LogP contribution in [0.2, 0.25) is 10.0 Å². The van der Waals surface area contributed by atoms with Crippen LogP contribution in [0.3, 0.4) is 0 Å². The Morgan fingerprint density at radius 1 is 1.60 bits per heavy atom. The Labute approximate surface area is 100.0 Å². The summed E-state index contributed by atoms with van der Waals surface area (Å²) in [5, 5.41) is 4.22. The van der Waals surface area contributed by atoms with Gasteiger partial charge in [-0.3, -0.25) is 0 Å². The van der Waals surface area contributed by atoms with Crippen LogP contribution in [-0.4, -0.2) is 11.0 Å².